The van der Waals surface area contributed by atoms with Crippen LogP contribution in [0.3, 0.4) is 0 Å². The van der Waals surface area contributed by atoms with Crippen LogP contribution < -0.4 is 5.32 Å². The summed E-state index contributed by atoms with van der Waals surface area (Å²) in [7, 11) is 0. The molecule has 8 heteroatoms. The Labute approximate surface area is 182 Å². The maximum atomic E-state index is 13.7. The number of anilines is 1. The maximum Gasteiger partial charge on any atom is 0.294 e. The van der Waals surface area contributed by atoms with Crippen LogP contribution in [0.4, 0.5) is 14.9 Å². The van der Waals surface area contributed by atoms with Crippen molar-refractivity contribution < 1.29 is 18.8 Å². The van der Waals surface area contributed by atoms with E-state index in [0.717, 1.165) is 33.1 Å². The van der Waals surface area contributed by atoms with Gasteiger partial charge in [0.05, 0.1) is 10.6 Å². The highest BCUT2D eigenvalue weighted by Gasteiger charge is 2.36. The summed E-state index contributed by atoms with van der Waals surface area (Å²) in [6.45, 7) is 3.87. The van der Waals surface area contributed by atoms with E-state index in [9.17, 15) is 18.8 Å². The van der Waals surface area contributed by atoms with E-state index in [1.807, 2.05) is 35.0 Å². The Morgan fingerprint density at radius 3 is 2.65 bits per heavy atom. The number of carbonyl (C=O) groups is 3. The average Bonchev–Trinajstić information content (AvgIpc) is 3.22. The number of fused-ring (bicyclic) bond motifs is 1. The van der Waals surface area contributed by atoms with Crippen LogP contribution in [-0.2, 0) is 16.1 Å². The fraction of sp³-hybridized carbons (Fsp3) is 0.0870. The molecule has 3 amide bonds. The maximum absolute atomic E-state index is 13.7. The van der Waals surface area contributed by atoms with Gasteiger partial charge >= 0.3 is 0 Å². The highest BCUT2D eigenvalue weighted by Crippen LogP contribution is 2.34. The van der Waals surface area contributed by atoms with Crippen molar-refractivity contribution in [1.29, 1.82) is 0 Å². The lowest BCUT2D eigenvalue weighted by Gasteiger charge is -2.12. The third-order valence-corrected chi connectivity index (χ3v) is 5.66. The minimum Gasteiger partial charge on any atom is -0.343 e. The van der Waals surface area contributed by atoms with E-state index in [4.69, 9.17) is 0 Å². The van der Waals surface area contributed by atoms with Crippen LogP contribution in [-0.4, -0.2) is 33.1 Å². The van der Waals surface area contributed by atoms with Crippen LogP contribution in [0.25, 0.3) is 17.0 Å². The summed E-state index contributed by atoms with van der Waals surface area (Å²) in [4.78, 5) is 38.5. The number of halogens is 1. The van der Waals surface area contributed by atoms with Crippen molar-refractivity contribution in [1.82, 2.24) is 9.47 Å². The first-order valence-corrected chi connectivity index (χ1v) is 10.3. The number of nitrogens with one attached hydrogen (secondary N) is 1. The van der Waals surface area contributed by atoms with Gasteiger partial charge in [0.2, 0.25) is 5.91 Å². The summed E-state index contributed by atoms with van der Waals surface area (Å²) < 4.78 is 15.7. The largest absolute Gasteiger partial charge is 0.343 e. The molecule has 1 N–H and O–H groups in total. The number of benzene rings is 2. The third kappa shape index (κ3) is 4.15. The van der Waals surface area contributed by atoms with Gasteiger partial charge in [0.25, 0.3) is 11.1 Å². The molecule has 4 rings (SSSR count). The molecule has 0 atom stereocenters. The predicted octanol–water partition coefficient (Wildman–Crippen LogP) is 4.64. The standard InChI is InChI=1S/C23H18FN3O3S/c1-2-11-26-13-15(16-7-3-6-10-19(16)26)12-20-22(29)27(23(30)31-20)14-21(28)25-18-9-5-4-8-17(18)24/h2-10,12-13H,1,11,14H2,(H,25,28)/b20-12-. The second kappa shape index (κ2) is 8.61. The third-order valence-electron chi connectivity index (χ3n) is 4.76. The molecule has 1 saturated heterocycles. The number of para-hydroxylation sites is 2. The van der Waals surface area contributed by atoms with Gasteiger partial charge in [-0.1, -0.05) is 36.4 Å². The van der Waals surface area contributed by atoms with Crippen LogP contribution in [0.5, 0.6) is 0 Å². The van der Waals surface area contributed by atoms with Crippen LogP contribution >= 0.6 is 11.8 Å². The first kappa shape index (κ1) is 20.6. The second-order valence-electron chi connectivity index (χ2n) is 6.84. The lowest BCUT2D eigenvalue weighted by molar-refractivity contribution is -0.127. The van der Waals surface area contributed by atoms with Crippen molar-refractivity contribution in [2.45, 2.75) is 6.54 Å². The minimum atomic E-state index is -0.656. The van der Waals surface area contributed by atoms with Gasteiger partial charge in [-0.25, -0.2) is 4.39 Å². The number of hydrogen-bond acceptors (Lipinski definition) is 4. The monoisotopic (exact) mass is 435 g/mol. The highest BCUT2D eigenvalue weighted by atomic mass is 32.2. The fourth-order valence-electron chi connectivity index (χ4n) is 3.35. The summed E-state index contributed by atoms with van der Waals surface area (Å²) in [6, 6.07) is 13.4. The van der Waals surface area contributed by atoms with Crippen LogP contribution in [0.15, 0.2) is 72.3 Å². The van der Waals surface area contributed by atoms with E-state index in [0.29, 0.717) is 6.54 Å². The predicted molar refractivity (Wildman–Crippen MR) is 120 cm³/mol. The Bertz CT molecular complexity index is 1250. The van der Waals surface area contributed by atoms with Crippen molar-refractivity contribution in [3.8, 4) is 0 Å². The normalized spacial score (nSPS) is 15.1. The van der Waals surface area contributed by atoms with E-state index in [2.05, 4.69) is 11.9 Å². The first-order chi connectivity index (χ1) is 15.0. The molecule has 0 saturated carbocycles. The Kier molecular flexibility index (Phi) is 5.73. The topological polar surface area (TPSA) is 71.4 Å². The number of rotatable bonds is 6. The van der Waals surface area contributed by atoms with E-state index >= 15 is 0 Å². The van der Waals surface area contributed by atoms with Gasteiger partial charge in [-0.15, -0.1) is 6.58 Å². The number of imide groups is 1. The smallest absolute Gasteiger partial charge is 0.294 e. The number of hydrogen-bond donors (Lipinski definition) is 1. The van der Waals surface area contributed by atoms with Crippen molar-refractivity contribution in [3.63, 3.8) is 0 Å². The molecular formula is C23H18FN3O3S. The molecule has 2 aromatic carbocycles. The molecule has 1 aliphatic heterocycles. The van der Waals surface area contributed by atoms with Gasteiger partial charge < -0.3 is 9.88 Å². The molecule has 0 aliphatic carbocycles. The molecule has 156 valence electrons. The van der Waals surface area contributed by atoms with Crippen molar-refractivity contribution in [2.24, 2.45) is 0 Å². The summed E-state index contributed by atoms with van der Waals surface area (Å²) in [5, 5.41) is 2.77. The number of aromatic nitrogens is 1. The van der Waals surface area contributed by atoms with Gasteiger partial charge in [0.1, 0.15) is 12.4 Å². The SMILES string of the molecule is C=CCn1cc(/C=C2\SC(=O)N(CC(=O)Nc3ccccc3F)C2=O)c2ccccc21. The van der Waals surface area contributed by atoms with Gasteiger partial charge in [-0.05, 0) is 36.0 Å². The van der Waals surface area contributed by atoms with Crippen LogP contribution in [0.1, 0.15) is 5.56 Å². The van der Waals surface area contributed by atoms with E-state index < -0.39 is 29.4 Å². The number of allylic oxidation sites excluding steroid dienone is 1. The molecule has 2 heterocycles. The summed E-state index contributed by atoms with van der Waals surface area (Å²) in [5.41, 5.74) is 1.76. The lowest BCUT2D eigenvalue weighted by Crippen LogP contribution is -2.36. The Morgan fingerprint density at radius 1 is 1.13 bits per heavy atom. The zero-order chi connectivity index (χ0) is 22.0. The number of carbonyl (C=O) groups excluding carboxylic acids is 3. The van der Waals surface area contributed by atoms with Crippen molar-refractivity contribution >= 4 is 51.5 Å². The quantitative estimate of drug-likeness (QED) is 0.452. The molecule has 1 aliphatic rings. The molecule has 6 nitrogen and oxygen atoms in total. The summed E-state index contributed by atoms with van der Waals surface area (Å²) in [6.07, 6.45) is 5.32. The van der Waals surface area contributed by atoms with E-state index in [1.165, 1.54) is 18.2 Å². The lowest BCUT2D eigenvalue weighted by atomic mass is 10.1. The van der Waals surface area contributed by atoms with Crippen LogP contribution in [0.2, 0.25) is 0 Å². The molecule has 0 unspecified atom stereocenters. The zero-order valence-electron chi connectivity index (χ0n) is 16.4. The molecule has 0 bridgehead atoms. The molecule has 1 fully saturated rings. The van der Waals surface area contributed by atoms with Gasteiger partial charge in [-0.2, -0.15) is 0 Å². The van der Waals surface area contributed by atoms with E-state index in [-0.39, 0.29) is 10.6 Å². The molecule has 1 aromatic heterocycles. The highest BCUT2D eigenvalue weighted by molar-refractivity contribution is 8.18. The van der Waals surface area contributed by atoms with Gasteiger partial charge in [-0.3, -0.25) is 19.3 Å². The zero-order valence-corrected chi connectivity index (χ0v) is 17.2. The Balaban J connectivity index is 1.55. The van der Waals surface area contributed by atoms with Gasteiger partial charge in [0, 0.05) is 29.2 Å². The minimum absolute atomic E-state index is 0.00922. The molecule has 0 spiro atoms. The molecule has 0 radical (unpaired) electrons. The first-order valence-electron chi connectivity index (χ1n) is 9.46. The van der Waals surface area contributed by atoms with Crippen LogP contribution in [0, 0.1) is 5.82 Å². The second-order valence-corrected chi connectivity index (χ2v) is 7.83. The van der Waals surface area contributed by atoms with Gasteiger partial charge in [0.15, 0.2) is 0 Å². The molecule has 3 aromatic rings. The van der Waals surface area contributed by atoms with E-state index in [1.54, 1.807) is 18.2 Å². The number of amides is 3. The number of nitrogens with zero attached hydrogens (tertiary/aromatic N) is 2. The van der Waals surface area contributed by atoms with Crippen molar-refractivity contribution in [2.75, 3.05) is 11.9 Å². The average molecular weight is 435 g/mol. The molecular weight excluding hydrogens is 417 g/mol. The van der Waals surface area contributed by atoms with Crippen molar-refractivity contribution in [3.05, 3.63) is 83.7 Å². The summed E-state index contributed by atoms with van der Waals surface area (Å²) in [5.74, 6) is -1.81. The molecule has 31 heavy (non-hydrogen) atoms. The summed E-state index contributed by atoms with van der Waals surface area (Å²) >= 11 is 0.774. The number of thioether (sulfide) groups is 1. The Morgan fingerprint density at radius 2 is 1.87 bits per heavy atom. The fourth-order valence-corrected chi connectivity index (χ4v) is 4.18. The Hall–Kier alpha value is -3.65.